The number of rotatable bonds is 7. The predicted octanol–water partition coefficient (Wildman–Crippen LogP) is 6.32. The van der Waals surface area contributed by atoms with Gasteiger partial charge in [-0.2, -0.15) is 9.97 Å². The lowest BCUT2D eigenvalue weighted by atomic mass is 9.79. The van der Waals surface area contributed by atoms with Gasteiger partial charge in [-0.05, 0) is 67.7 Å². The Morgan fingerprint density at radius 2 is 1.69 bits per heavy atom. The Labute approximate surface area is 217 Å². The van der Waals surface area contributed by atoms with Gasteiger partial charge in [0.05, 0.1) is 0 Å². The molecular weight excluding hydrogens is 478 g/mol. The van der Waals surface area contributed by atoms with Crippen LogP contribution in [-0.4, -0.2) is 34.7 Å². The average Bonchev–Trinajstić information content (AvgIpc) is 3.57. The zero-order chi connectivity index (χ0) is 24.1. The van der Waals surface area contributed by atoms with Crippen LogP contribution in [0.3, 0.4) is 0 Å². The van der Waals surface area contributed by atoms with E-state index in [9.17, 15) is 0 Å². The van der Waals surface area contributed by atoms with Crippen molar-refractivity contribution in [3.05, 3.63) is 71.2 Å². The number of nitrogens with one attached hydrogen (secondary N) is 2. The van der Waals surface area contributed by atoms with Gasteiger partial charge < -0.3 is 20.3 Å². The summed E-state index contributed by atoms with van der Waals surface area (Å²) in [6.45, 7) is 2.71. The van der Waals surface area contributed by atoms with Crippen LogP contribution in [0, 0.1) is 0 Å². The molecule has 0 atom stereocenters. The monoisotopic (exact) mass is 507 g/mol. The molecular formula is C27H30ClN5OS. The van der Waals surface area contributed by atoms with E-state index in [1.807, 2.05) is 48.5 Å². The highest BCUT2D eigenvalue weighted by molar-refractivity contribution is 7.80. The van der Waals surface area contributed by atoms with Crippen LogP contribution in [0.15, 0.2) is 60.7 Å². The first-order chi connectivity index (χ1) is 17.1. The quantitative estimate of drug-likeness (QED) is 0.363. The Morgan fingerprint density at radius 1 is 0.971 bits per heavy atom. The molecule has 1 aliphatic heterocycles. The summed E-state index contributed by atoms with van der Waals surface area (Å²) in [6, 6.07) is 19.8. The zero-order valence-corrected chi connectivity index (χ0v) is 21.2. The third-order valence-corrected chi connectivity index (χ3v) is 7.41. The van der Waals surface area contributed by atoms with Crippen molar-refractivity contribution in [2.75, 3.05) is 29.9 Å². The summed E-state index contributed by atoms with van der Waals surface area (Å²) in [5.74, 6) is 2.51. The van der Waals surface area contributed by atoms with Gasteiger partial charge in [-0.3, -0.25) is 0 Å². The zero-order valence-electron chi connectivity index (χ0n) is 19.7. The minimum atomic E-state index is 0.0518. The van der Waals surface area contributed by atoms with Crippen LogP contribution in [0.1, 0.15) is 44.1 Å². The number of ether oxygens (including phenoxy) is 1. The minimum absolute atomic E-state index is 0.0518. The van der Waals surface area contributed by atoms with Crippen molar-refractivity contribution < 1.29 is 4.74 Å². The van der Waals surface area contributed by atoms with E-state index in [1.165, 1.54) is 18.4 Å². The van der Waals surface area contributed by atoms with Gasteiger partial charge in [-0.15, -0.1) is 0 Å². The van der Waals surface area contributed by atoms with E-state index in [0.29, 0.717) is 16.9 Å². The number of hydrogen-bond donors (Lipinski definition) is 2. The average molecular weight is 508 g/mol. The lowest BCUT2D eigenvalue weighted by Gasteiger charge is -2.30. The molecule has 6 nitrogen and oxygen atoms in total. The van der Waals surface area contributed by atoms with Crippen molar-refractivity contribution in [1.82, 2.24) is 15.3 Å². The Bertz CT molecular complexity index is 1150. The second-order valence-corrected chi connectivity index (χ2v) is 10.1. The second kappa shape index (κ2) is 10.8. The van der Waals surface area contributed by atoms with E-state index in [1.54, 1.807) is 0 Å². The Hall–Kier alpha value is -2.90. The molecule has 1 saturated carbocycles. The molecule has 0 unspecified atom stereocenters. The fourth-order valence-electron chi connectivity index (χ4n) is 5.06. The molecule has 5 rings (SSSR count). The van der Waals surface area contributed by atoms with Crippen molar-refractivity contribution >= 4 is 40.7 Å². The highest BCUT2D eigenvalue weighted by Gasteiger charge is 2.35. The SMILES string of the molecule is S=C(NCC1(c2ccc(Cl)cc2)CCCC1)Nc1nc(Oc2ccccc2)cc(N2CCCC2)n1. The molecule has 2 heterocycles. The van der Waals surface area contributed by atoms with Gasteiger partial charge in [0.25, 0.3) is 0 Å². The van der Waals surface area contributed by atoms with E-state index in [2.05, 4.69) is 32.7 Å². The molecule has 0 bridgehead atoms. The van der Waals surface area contributed by atoms with Gasteiger partial charge in [-0.1, -0.05) is 54.8 Å². The number of aromatic nitrogens is 2. The lowest BCUT2D eigenvalue weighted by molar-refractivity contribution is 0.435. The fourth-order valence-corrected chi connectivity index (χ4v) is 5.35. The number of thiocarbonyl (C=S) groups is 1. The number of hydrogen-bond acceptors (Lipinski definition) is 5. The summed E-state index contributed by atoms with van der Waals surface area (Å²) in [7, 11) is 0. The summed E-state index contributed by atoms with van der Waals surface area (Å²) in [4.78, 5) is 11.6. The van der Waals surface area contributed by atoms with Crippen LogP contribution in [0.2, 0.25) is 5.02 Å². The molecule has 2 N–H and O–H groups in total. The number of halogens is 1. The van der Waals surface area contributed by atoms with Gasteiger partial charge in [-0.25, -0.2) is 0 Å². The van der Waals surface area contributed by atoms with Crippen LogP contribution in [0.5, 0.6) is 11.6 Å². The van der Waals surface area contributed by atoms with Gasteiger partial charge >= 0.3 is 0 Å². The Balaban J connectivity index is 1.30. The molecule has 0 radical (unpaired) electrons. The molecule has 2 fully saturated rings. The third-order valence-electron chi connectivity index (χ3n) is 6.91. The largest absolute Gasteiger partial charge is 0.439 e. The number of benzene rings is 2. The van der Waals surface area contributed by atoms with Crippen molar-refractivity contribution in [3.63, 3.8) is 0 Å². The van der Waals surface area contributed by atoms with E-state index in [4.69, 9.17) is 33.5 Å². The van der Waals surface area contributed by atoms with Crippen LogP contribution < -0.4 is 20.3 Å². The normalized spacial score (nSPS) is 16.8. The maximum atomic E-state index is 6.13. The number of nitrogens with zero attached hydrogens (tertiary/aromatic N) is 3. The molecule has 0 spiro atoms. The third kappa shape index (κ3) is 5.85. The van der Waals surface area contributed by atoms with Crippen LogP contribution >= 0.6 is 23.8 Å². The summed E-state index contributed by atoms with van der Waals surface area (Å²) in [5.41, 5.74) is 1.36. The number of para-hydroxylation sites is 1. The van der Waals surface area contributed by atoms with E-state index in [0.717, 1.165) is 61.9 Å². The van der Waals surface area contributed by atoms with E-state index < -0.39 is 0 Å². The smallest absolute Gasteiger partial charge is 0.234 e. The summed E-state index contributed by atoms with van der Waals surface area (Å²) in [6.07, 6.45) is 7.00. The first-order valence-electron chi connectivity index (χ1n) is 12.3. The topological polar surface area (TPSA) is 62.3 Å². The molecule has 1 aliphatic carbocycles. The summed E-state index contributed by atoms with van der Waals surface area (Å²) in [5, 5.41) is 7.91. The first kappa shape index (κ1) is 23.8. The highest BCUT2D eigenvalue weighted by Crippen LogP contribution is 2.41. The maximum Gasteiger partial charge on any atom is 0.234 e. The van der Waals surface area contributed by atoms with Crippen LogP contribution in [-0.2, 0) is 5.41 Å². The molecule has 2 aliphatic rings. The van der Waals surface area contributed by atoms with Crippen molar-refractivity contribution in [1.29, 1.82) is 0 Å². The minimum Gasteiger partial charge on any atom is -0.439 e. The molecule has 1 saturated heterocycles. The van der Waals surface area contributed by atoms with Crippen molar-refractivity contribution in [2.45, 2.75) is 43.9 Å². The molecule has 1 aromatic heterocycles. The van der Waals surface area contributed by atoms with E-state index in [-0.39, 0.29) is 5.41 Å². The van der Waals surface area contributed by atoms with Crippen molar-refractivity contribution in [3.8, 4) is 11.6 Å². The Kier molecular flexibility index (Phi) is 7.35. The standard InChI is InChI=1S/C27H30ClN5OS/c28-21-12-10-20(11-13-21)27(14-4-5-15-27)19-29-26(35)32-25-30-23(33-16-6-7-17-33)18-24(31-25)34-22-8-2-1-3-9-22/h1-3,8-13,18H,4-7,14-17,19H2,(H2,29,30,31,32,35). The van der Waals surface area contributed by atoms with Gasteiger partial charge in [0.2, 0.25) is 11.8 Å². The molecule has 182 valence electrons. The van der Waals surface area contributed by atoms with Crippen molar-refractivity contribution in [2.24, 2.45) is 0 Å². The maximum absolute atomic E-state index is 6.13. The van der Waals surface area contributed by atoms with Crippen LogP contribution in [0.4, 0.5) is 11.8 Å². The first-order valence-corrected chi connectivity index (χ1v) is 13.1. The number of anilines is 2. The summed E-state index contributed by atoms with van der Waals surface area (Å²) < 4.78 is 6.03. The second-order valence-electron chi connectivity index (χ2n) is 9.30. The van der Waals surface area contributed by atoms with Gasteiger partial charge in [0.15, 0.2) is 5.11 Å². The molecule has 35 heavy (non-hydrogen) atoms. The fraction of sp³-hybridized carbons (Fsp3) is 0.370. The predicted molar refractivity (Wildman–Crippen MR) is 146 cm³/mol. The Morgan fingerprint density at radius 3 is 2.40 bits per heavy atom. The molecule has 2 aromatic carbocycles. The lowest BCUT2D eigenvalue weighted by Crippen LogP contribution is -2.41. The van der Waals surface area contributed by atoms with E-state index >= 15 is 0 Å². The molecule has 8 heteroatoms. The molecule has 0 amide bonds. The molecule has 3 aromatic rings. The highest BCUT2D eigenvalue weighted by atomic mass is 35.5. The van der Waals surface area contributed by atoms with Gasteiger partial charge in [0.1, 0.15) is 11.6 Å². The van der Waals surface area contributed by atoms with Gasteiger partial charge in [0, 0.05) is 36.1 Å². The summed E-state index contributed by atoms with van der Waals surface area (Å²) >= 11 is 11.8. The van der Waals surface area contributed by atoms with Crippen LogP contribution in [0.25, 0.3) is 0 Å².